The van der Waals surface area contributed by atoms with Gasteiger partial charge in [0.1, 0.15) is 0 Å². The van der Waals surface area contributed by atoms with Gasteiger partial charge in [-0.1, -0.05) is 22.0 Å². The number of hydrogen-bond donors (Lipinski definition) is 1. The van der Waals surface area contributed by atoms with Gasteiger partial charge in [0.15, 0.2) is 0 Å². The van der Waals surface area contributed by atoms with Gasteiger partial charge in [0.25, 0.3) is 0 Å². The van der Waals surface area contributed by atoms with Crippen molar-refractivity contribution < 1.29 is 0 Å². The molecule has 5 heteroatoms. The molecule has 1 aromatic carbocycles. The first-order chi connectivity index (χ1) is 10.3. The molecule has 1 saturated heterocycles. The Morgan fingerprint density at radius 2 is 2.24 bits per heavy atom. The highest BCUT2D eigenvalue weighted by molar-refractivity contribution is 9.10. The molecule has 0 spiro atoms. The number of rotatable bonds is 2. The summed E-state index contributed by atoms with van der Waals surface area (Å²) in [6.07, 6.45) is 5.22. The quantitative estimate of drug-likeness (QED) is 0.776. The highest BCUT2D eigenvalue weighted by atomic mass is 79.9. The van der Waals surface area contributed by atoms with Gasteiger partial charge in [-0.3, -0.25) is 0 Å². The molecule has 0 radical (unpaired) electrons. The van der Waals surface area contributed by atoms with Crippen LogP contribution in [-0.4, -0.2) is 29.1 Å². The molecule has 0 amide bonds. The van der Waals surface area contributed by atoms with Crippen LogP contribution < -0.4 is 10.6 Å². The molecular weight excluding hydrogens is 328 g/mol. The van der Waals surface area contributed by atoms with Gasteiger partial charge in [0.05, 0.1) is 5.69 Å². The summed E-state index contributed by atoms with van der Waals surface area (Å²) in [7, 11) is 0. The average Bonchev–Trinajstić information content (AvgIpc) is 3.09. The largest absolute Gasteiger partial charge is 0.337 e. The zero-order chi connectivity index (χ0) is 14.4. The Labute approximate surface area is 132 Å². The molecule has 2 N–H and O–H groups in total. The van der Waals surface area contributed by atoms with E-state index in [1.165, 1.54) is 23.1 Å². The lowest BCUT2D eigenvalue weighted by molar-refractivity contribution is 0.664. The van der Waals surface area contributed by atoms with Crippen molar-refractivity contribution in [1.29, 1.82) is 0 Å². The molecule has 2 aliphatic rings. The minimum Gasteiger partial charge on any atom is -0.337 e. The summed E-state index contributed by atoms with van der Waals surface area (Å²) in [6.45, 7) is 1.68. The molecular formula is C16H17BrN4. The molecule has 108 valence electrons. The van der Waals surface area contributed by atoms with Gasteiger partial charge in [0.2, 0.25) is 5.95 Å². The number of aromatic nitrogens is 2. The van der Waals surface area contributed by atoms with Gasteiger partial charge in [-0.2, -0.15) is 0 Å². The highest BCUT2D eigenvalue weighted by Gasteiger charge is 2.28. The third-order valence-electron chi connectivity index (χ3n) is 4.46. The summed E-state index contributed by atoms with van der Waals surface area (Å²) in [5, 5.41) is 0. The number of benzene rings is 1. The minimum atomic E-state index is 0.383. The lowest BCUT2D eigenvalue weighted by Crippen LogP contribution is -2.36. The molecule has 0 bridgehead atoms. The molecule has 1 atom stereocenters. The number of halogens is 1. The minimum absolute atomic E-state index is 0.383. The fourth-order valence-corrected chi connectivity index (χ4v) is 3.80. The van der Waals surface area contributed by atoms with E-state index < -0.39 is 0 Å². The van der Waals surface area contributed by atoms with Crippen molar-refractivity contribution in [2.24, 2.45) is 5.73 Å². The molecule has 2 aromatic rings. The van der Waals surface area contributed by atoms with E-state index in [-0.39, 0.29) is 0 Å². The monoisotopic (exact) mass is 344 g/mol. The Kier molecular flexibility index (Phi) is 3.19. The number of fused-ring (bicyclic) bond motifs is 3. The van der Waals surface area contributed by atoms with Crippen molar-refractivity contribution in [2.45, 2.75) is 25.3 Å². The van der Waals surface area contributed by atoms with Crippen LogP contribution in [0.2, 0.25) is 0 Å². The number of hydrogen-bond acceptors (Lipinski definition) is 4. The number of nitrogens with two attached hydrogens (primary N) is 1. The van der Waals surface area contributed by atoms with E-state index >= 15 is 0 Å². The van der Waals surface area contributed by atoms with Crippen LogP contribution in [0, 0.1) is 0 Å². The van der Waals surface area contributed by atoms with Gasteiger partial charge < -0.3 is 10.6 Å². The average molecular weight is 345 g/mol. The second kappa shape index (κ2) is 5.07. The predicted molar refractivity (Wildman–Crippen MR) is 87.4 cm³/mol. The van der Waals surface area contributed by atoms with E-state index in [0.29, 0.717) is 12.6 Å². The first-order valence-corrected chi connectivity index (χ1v) is 8.17. The lowest BCUT2D eigenvalue weighted by Gasteiger charge is -2.23. The van der Waals surface area contributed by atoms with Crippen molar-refractivity contribution in [3.63, 3.8) is 0 Å². The molecule has 1 fully saturated rings. The zero-order valence-electron chi connectivity index (χ0n) is 11.7. The Balaban J connectivity index is 1.75. The fourth-order valence-electron chi connectivity index (χ4n) is 3.39. The zero-order valence-corrected chi connectivity index (χ0v) is 13.3. The molecule has 2 heterocycles. The van der Waals surface area contributed by atoms with E-state index in [0.717, 1.165) is 35.5 Å². The van der Waals surface area contributed by atoms with E-state index in [2.05, 4.69) is 44.0 Å². The van der Waals surface area contributed by atoms with E-state index in [1.807, 2.05) is 6.20 Å². The Morgan fingerprint density at radius 1 is 1.33 bits per heavy atom. The fraction of sp³-hybridized carbons (Fsp3) is 0.375. The summed E-state index contributed by atoms with van der Waals surface area (Å²) < 4.78 is 1.12. The predicted octanol–water partition coefficient (Wildman–Crippen LogP) is 2.74. The van der Waals surface area contributed by atoms with E-state index in [1.54, 1.807) is 0 Å². The Morgan fingerprint density at radius 3 is 3.10 bits per heavy atom. The van der Waals surface area contributed by atoms with Crippen molar-refractivity contribution in [1.82, 2.24) is 9.97 Å². The van der Waals surface area contributed by atoms with Crippen LogP contribution in [0.4, 0.5) is 5.95 Å². The lowest BCUT2D eigenvalue weighted by atomic mass is 10.1. The second-order valence-corrected chi connectivity index (χ2v) is 6.66. The van der Waals surface area contributed by atoms with Crippen LogP contribution in [0.25, 0.3) is 11.3 Å². The van der Waals surface area contributed by atoms with Gasteiger partial charge in [-0.15, -0.1) is 0 Å². The van der Waals surface area contributed by atoms with Crippen molar-refractivity contribution in [2.75, 3.05) is 18.0 Å². The van der Waals surface area contributed by atoms with Crippen LogP contribution >= 0.6 is 15.9 Å². The third-order valence-corrected chi connectivity index (χ3v) is 4.95. The SMILES string of the molecule is NCC1CCCN1c1ncc2c(n1)-c1ccc(Br)cc1C2. The first kappa shape index (κ1) is 13.2. The van der Waals surface area contributed by atoms with Crippen LogP contribution in [0.1, 0.15) is 24.0 Å². The number of anilines is 1. The maximum Gasteiger partial charge on any atom is 0.226 e. The van der Waals surface area contributed by atoms with E-state index in [9.17, 15) is 0 Å². The summed E-state index contributed by atoms with van der Waals surface area (Å²) in [5.74, 6) is 0.831. The molecule has 1 aliphatic carbocycles. The first-order valence-electron chi connectivity index (χ1n) is 7.37. The topological polar surface area (TPSA) is 55.0 Å². The van der Waals surface area contributed by atoms with Gasteiger partial charge in [0, 0.05) is 47.3 Å². The standard InChI is InChI=1S/C16H17BrN4/c17-12-3-4-14-10(7-12)6-11-9-19-16(20-15(11)14)21-5-1-2-13(21)8-18/h3-4,7,9,13H,1-2,5-6,8,18H2. The van der Waals surface area contributed by atoms with Crippen LogP contribution in [0.5, 0.6) is 0 Å². The molecule has 1 aliphatic heterocycles. The van der Waals surface area contributed by atoms with Crippen molar-refractivity contribution in [3.8, 4) is 11.3 Å². The molecule has 1 unspecified atom stereocenters. The molecule has 1 aromatic heterocycles. The summed E-state index contributed by atoms with van der Waals surface area (Å²) in [6, 6.07) is 6.78. The normalized spacial score (nSPS) is 19.7. The summed E-state index contributed by atoms with van der Waals surface area (Å²) in [5.41, 5.74) is 10.7. The second-order valence-electron chi connectivity index (χ2n) is 5.75. The Hall–Kier alpha value is -1.46. The van der Waals surface area contributed by atoms with Gasteiger partial charge >= 0.3 is 0 Å². The molecule has 4 rings (SSSR count). The maximum absolute atomic E-state index is 5.87. The summed E-state index contributed by atoms with van der Waals surface area (Å²) >= 11 is 3.54. The molecule has 4 nitrogen and oxygen atoms in total. The van der Waals surface area contributed by atoms with Gasteiger partial charge in [-0.05, 0) is 30.5 Å². The van der Waals surface area contributed by atoms with Crippen LogP contribution in [0.3, 0.4) is 0 Å². The molecule has 21 heavy (non-hydrogen) atoms. The van der Waals surface area contributed by atoms with E-state index in [4.69, 9.17) is 10.7 Å². The highest BCUT2D eigenvalue weighted by Crippen LogP contribution is 2.37. The maximum atomic E-state index is 5.87. The van der Waals surface area contributed by atoms with Crippen molar-refractivity contribution >= 4 is 21.9 Å². The number of nitrogens with zero attached hydrogens (tertiary/aromatic N) is 3. The summed E-state index contributed by atoms with van der Waals surface area (Å²) in [4.78, 5) is 11.7. The van der Waals surface area contributed by atoms with Crippen LogP contribution in [0.15, 0.2) is 28.9 Å². The van der Waals surface area contributed by atoms with Gasteiger partial charge in [-0.25, -0.2) is 9.97 Å². The third kappa shape index (κ3) is 2.15. The van der Waals surface area contributed by atoms with Crippen LogP contribution in [-0.2, 0) is 6.42 Å². The Bertz CT molecular complexity index is 701. The van der Waals surface area contributed by atoms with Crippen molar-refractivity contribution in [3.05, 3.63) is 40.0 Å². The smallest absolute Gasteiger partial charge is 0.226 e. The molecule has 0 saturated carbocycles.